The second-order valence-electron chi connectivity index (χ2n) is 4.67. The molecule has 0 fully saturated rings. The first-order chi connectivity index (χ1) is 10.8. The van der Waals surface area contributed by atoms with Crippen LogP contribution in [0.15, 0.2) is 28.8 Å². The van der Waals surface area contributed by atoms with Crippen molar-refractivity contribution in [2.24, 2.45) is 0 Å². The Hall–Kier alpha value is -2.58. The van der Waals surface area contributed by atoms with Crippen LogP contribution in [0.4, 0.5) is 13.2 Å². The normalized spacial score (nSPS) is 11.3. The monoisotopic (exact) mass is 329 g/mol. The number of amides is 1. The Morgan fingerprint density at radius 2 is 2.09 bits per heavy atom. The van der Waals surface area contributed by atoms with Gasteiger partial charge >= 0.3 is 6.36 Å². The number of ether oxygens (including phenoxy) is 1. The van der Waals surface area contributed by atoms with Crippen LogP contribution in [-0.4, -0.2) is 22.4 Å². The van der Waals surface area contributed by atoms with Gasteiger partial charge in [-0.05, 0) is 25.0 Å². The lowest BCUT2D eigenvalue weighted by molar-refractivity contribution is -0.274. The van der Waals surface area contributed by atoms with E-state index < -0.39 is 6.36 Å². The van der Waals surface area contributed by atoms with Crippen LogP contribution in [-0.2, 0) is 17.8 Å². The van der Waals surface area contributed by atoms with E-state index in [1.54, 1.807) is 13.0 Å². The molecule has 0 bridgehead atoms. The number of halogens is 3. The fourth-order valence-corrected chi connectivity index (χ4v) is 1.86. The minimum atomic E-state index is -4.77. The van der Waals surface area contributed by atoms with Crippen molar-refractivity contribution in [3.63, 3.8) is 0 Å². The second kappa shape index (κ2) is 7.12. The molecule has 0 aliphatic rings. The van der Waals surface area contributed by atoms with Gasteiger partial charge in [0.05, 0.1) is 6.54 Å². The van der Waals surface area contributed by atoms with Crippen molar-refractivity contribution in [2.45, 2.75) is 32.7 Å². The Bertz CT molecular complexity index is 671. The van der Waals surface area contributed by atoms with Gasteiger partial charge in [0.15, 0.2) is 5.82 Å². The molecular formula is C14H14F3N3O3. The van der Waals surface area contributed by atoms with Gasteiger partial charge in [-0.15, -0.1) is 13.2 Å². The molecule has 124 valence electrons. The number of alkyl halides is 3. The topological polar surface area (TPSA) is 77.2 Å². The zero-order valence-corrected chi connectivity index (χ0v) is 12.2. The highest BCUT2D eigenvalue weighted by Crippen LogP contribution is 2.26. The summed E-state index contributed by atoms with van der Waals surface area (Å²) in [7, 11) is 0. The maximum absolute atomic E-state index is 12.3. The molecule has 9 heteroatoms. The highest BCUT2D eigenvalue weighted by molar-refractivity contribution is 5.76. The Balaban J connectivity index is 1.86. The largest absolute Gasteiger partial charge is 0.573 e. The zero-order valence-electron chi connectivity index (χ0n) is 12.2. The van der Waals surface area contributed by atoms with Crippen LogP contribution >= 0.6 is 0 Å². The predicted molar refractivity (Wildman–Crippen MR) is 72.3 cm³/mol. The summed E-state index contributed by atoms with van der Waals surface area (Å²) >= 11 is 0. The summed E-state index contributed by atoms with van der Waals surface area (Å²) in [6.07, 6.45) is -4.65. The number of carbonyl (C=O) groups is 1. The molecule has 1 N–H and O–H groups in total. The van der Waals surface area contributed by atoms with E-state index in [2.05, 4.69) is 20.2 Å². The summed E-state index contributed by atoms with van der Waals surface area (Å²) in [6, 6.07) is 5.71. The van der Waals surface area contributed by atoms with Crippen LogP contribution in [0.5, 0.6) is 5.75 Å². The Kier molecular flexibility index (Phi) is 5.20. The molecule has 0 atom stereocenters. The molecule has 0 radical (unpaired) electrons. The van der Waals surface area contributed by atoms with Crippen LogP contribution < -0.4 is 10.1 Å². The van der Waals surface area contributed by atoms with Crippen molar-refractivity contribution in [1.29, 1.82) is 0 Å². The summed E-state index contributed by atoms with van der Waals surface area (Å²) < 4.78 is 45.7. The molecule has 0 aliphatic heterocycles. The molecule has 0 saturated heterocycles. The Morgan fingerprint density at radius 1 is 1.35 bits per heavy atom. The molecule has 2 aromatic rings. The van der Waals surface area contributed by atoms with E-state index in [1.165, 1.54) is 18.2 Å². The van der Waals surface area contributed by atoms with E-state index in [0.29, 0.717) is 11.4 Å². The van der Waals surface area contributed by atoms with Crippen molar-refractivity contribution in [2.75, 3.05) is 0 Å². The lowest BCUT2D eigenvalue weighted by Crippen LogP contribution is -2.23. The number of aromatic nitrogens is 2. The Morgan fingerprint density at radius 3 is 2.74 bits per heavy atom. The van der Waals surface area contributed by atoms with Crippen molar-refractivity contribution < 1.29 is 27.2 Å². The molecule has 23 heavy (non-hydrogen) atoms. The number of nitrogens with zero attached hydrogens (tertiary/aromatic N) is 2. The third kappa shape index (κ3) is 5.61. The summed E-state index contributed by atoms with van der Waals surface area (Å²) in [5.41, 5.74) is 0.300. The molecule has 1 aromatic heterocycles. The fraction of sp³-hybridized carbons (Fsp3) is 0.357. The van der Waals surface area contributed by atoms with Crippen molar-refractivity contribution in [1.82, 2.24) is 15.5 Å². The van der Waals surface area contributed by atoms with Gasteiger partial charge in [-0.2, -0.15) is 4.98 Å². The SMILES string of the molecule is Cc1noc(CNC(=O)CCc2ccccc2OC(F)(F)F)n1. The van der Waals surface area contributed by atoms with Crippen molar-refractivity contribution in [3.05, 3.63) is 41.5 Å². The van der Waals surface area contributed by atoms with Gasteiger partial charge in [0.25, 0.3) is 0 Å². The number of benzene rings is 1. The van der Waals surface area contributed by atoms with Crippen molar-refractivity contribution >= 4 is 5.91 Å². The van der Waals surface area contributed by atoms with E-state index in [9.17, 15) is 18.0 Å². The van der Waals surface area contributed by atoms with Crippen LogP contribution in [0.25, 0.3) is 0 Å². The van der Waals surface area contributed by atoms with Gasteiger partial charge in [-0.1, -0.05) is 23.4 Å². The highest BCUT2D eigenvalue weighted by atomic mass is 19.4. The zero-order chi connectivity index (χ0) is 16.9. The van der Waals surface area contributed by atoms with E-state index in [-0.39, 0.29) is 36.9 Å². The molecule has 0 spiro atoms. The van der Waals surface area contributed by atoms with Crippen molar-refractivity contribution in [3.8, 4) is 5.75 Å². The molecule has 0 aliphatic carbocycles. The average molecular weight is 329 g/mol. The third-order valence-corrected chi connectivity index (χ3v) is 2.83. The van der Waals surface area contributed by atoms with Crippen LogP contribution in [0, 0.1) is 6.92 Å². The first kappa shape index (κ1) is 16.8. The summed E-state index contributed by atoms with van der Waals surface area (Å²) in [5, 5.41) is 6.13. The van der Waals surface area contributed by atoms with E-state index in [4.69, 9.17) is 4.52 Å². The summed E-state index contributed by atoms with van der Waals surface area (Å²) in [5.74, 6) is 0.0621. The number of carbonyl (C=O) groups excluding carboxylic acids is 1. The van der Waals surface area contributed by atoms with E-state index in [1.807, 2.05) is 0 Å². The number of nitrogens with one attached hydrogen (secondary N) is 1. The summed E-state index contributed by atoms with van der Waals surface area (Å²) in [6.45, 7) is 1.72. The molecule has 1 aromatic carbocycles. The maximum Gasteiger partial charge on any atom is 0.573 e. The second-order valence-corrected chi connectivity index (χ2v) is 4.67. The van der Waals surface area contributed by atoms with Gasteiger partial charge in [-0.25, -0.2) is 0 Å². The summed E-state index contributed by atoms with van der Waals surface area (Å²) in [4.78, 5) is 15.6. The molecule has 0 saturated carbocycles. The predicted octanol–water partition coefficient (Wildman–Crippen LogP) is 2.53. The number of hydrogen-bond donors (Lipinski definition) is 1. The lowest BCUT2D eigenvalue weighted by atomic mass is 10.1. The number of para-hydroxylation sites is 1. The average Bonchev–Trinajstić information content (AvgIpc) is 2.88. The number of aryl methyl sites for hydroxylation is 2. The third-order valence-electron chi connectivity index (χ3n) is 2.83. The maximum atomic E-state index is 12.3. The fourth-order valence-electron chi connectivity index (χ4n) is 1.86. The molecule has 0 unspecified atom stereocenters. The first-order valence-electron chi connectivity index (χ1n) is 6.73. The van der Waals surface area contributed by atoms with Gasteiger partial charge in [0, 0.05) is 6.42 Å². The standard InChI is InChI=1S/C14H14F3N3O3/c1-9-19-13(23-20-9)8-18-12(21)7-6-10-4-2-3-5-11(10)22-14(15,16)17/h2-5H,6-8H2,1H3,(H,18,21). The smallest absolute Gasteiger partial charge is 0.406 e. The van der Waals surface area contributed by atoms with Crippen LogP contribution in [0.2, 0.25) is 0 Å². The van der Waals surface area contributed by atoms with Crippen LogP contribution in [0.3, 0.4) is 0 Å². The molecule has 6 nitrogen and oxygen atoms in total. The molecule has 1 amide bonds. The minimum absolute atomic E-state index is 0.00531. The van der Waals surface area contributed by atoms with Gasteiger partial charge < -0.3 is 14.6 Å². The van der Waals surface area contributed by atoms with E-state index in [0.717, 1.165) is 0 Å². The highest BCUT2D eigenvalue weighted by Gasteiger charge is 2.31. The first-order valence-corrected chi connectivity index (χ1v) is 6.73. The number of hydrogen-bond acceptors (Lipinski definition) is 5. The van der Waals surface area contributed by atoms with Crippen LogP contribution in [0.1, 0.15) is 23.7 Å². The Labute approximate surface area is 129 Å². The molecule has 1 heterocycles. The number of rotatable bonds is 6. The van der Waals surface area contributed by atoms with Gasteiger partial charge in [-0.3, -0.25) is 4.79 Å². The molecule has 2 rings (SSSR count). The lowest BCUT2D eigenvalue weighted by Gasteiger charge is -2.12. The van der Waals surface area contributed by atoms with Gasteiger partial charge in [0.1, 0.15) is 5.75 Å². The molecular weight excluding hydrogens is 315 g/mol. The van der Waals surface area contributed by atoms with Gasteiger partial charge in [0.2, 0.25) is 11.8 Å². The minimum Gasteiger partial charge on any atom is -0.406 e. The van der Waals surface area contributed by atoms with E-state index >= 15 is 0 Å². The quantitative estimate of drug-likeness (QED) is 0.881.